The molecule has 0 fully saturated rings. The van der Waals surface area contributed by atoms with Gasteiger partial charge in [-0.3, -0.25) is 13.9 Å². The van der Waals surface area contributed by atoms with E-state index in [4.69, 9.17) is 5.73 Å². The lowest BCUT2D eigenvalue weighted by atomic mass is 10.0. The number of allylic oxidation sites excluding steroid dienone is 2. The van der Waals surface area contributed by atoms with E-state index in [9.17, 15) is 9.59 Å². The Balaban J connectivity index is 1.59. The maximum atomic E-state index is 13.3. The van der Waals surface area contributed by atoms with Crippen LogP contribution in [0.2, 0.25) is 0 Å². The minimum Gasteiger partial charge on any atom is -0.384 e. The number of hydrogen-bond acceptors (Lipinski definition) is 4. The molecule has 3 aromatic rings. The molecular weight excluding hydrogens is 376 g/mol. The van der Waals surface area contributed by atoms with Crippen molar-refractivity contribution in [3.8, 4) is 0 Å². The molecule has 0 saturated heterocycles. The molecule has 30 heavy (non-hydrogen) atoms. The molecule has 2 heterocycles. The smallest absolute Gasteiger partial charge is 0.333 e. The molecule has 2 N–H and O–H groups in total. The summed E-state index contributed by atoms with van der Waals surface area (Å²) in [6, 6.07) is 13.6. The molecule has 4 rings (SSSR count). The molecule has 1 aliphatic rings. The van der Waals surface area contributed by atoms with E-state index < -0.39 is 0 Å². The third kappa shape index (κ3) is 4.22. The van der Waals surface area contributed by atoms with Gasteiger partial charge in [-0.15, -0.1) is 0 Å². The number of pyridine rings is 1. The Morgan fingerprint density at radius 2 is 1.87 bits per heavy atom. The highest BCUT2D eigenvalue weighted by Crippen LogP contribution is 2.23. The first kappa shape index (κ1) is 20.1. The average molecular weight is 405 g/mol. The van der Waals surface area contributed by atoms with E-state index in [1.54, 1.807) is 16.7 Å². The van der Waals surface area contributed by atoms with Crippen molar-refractivity contribution >= 4 is 16.9 Å². The maximum absolute atomic E-state index is 13.3. The molecule has 6 heteroatoms. The number of fused-ring (bicyclic) bond motifs is 1. The van der Waals surface area contributed by atoms with Gasteiger partial charge >= 0.3 is 5.69 Å². The van der Waals surface area contributed by atoms with Crippen molar-refractivity contribution in [2.75, 3.05) is 5.73 Å². The van der Waals surface area contributed by atoms with Gasteiger partial charge in [-0.25, -0.2) is 9.78 Å². The van der Waals surface area contributed by atoms with Crippen LogP contribution < -0.4 is 17.0 Å². The number of anilines is 1. The zero-order chi connectivity index (χ0) is 20.9. The van der Waals surface area contributed by atoms with Crippen LogP contribution in [0.4, 0.5) is 5.82 Å². The highest BCUT2D eigenvalue weighted by atomic mass is 16.2. The standard InChI is InChI=1S/C24H28N4O2/c25-21-16-15-20-22(26-21)28(19-13-7-2-8-14-19)24(30)27(23(20)29)17-9-3-6-12-18-10-4-1-5-11-18/h1,4-5,7,10-11,13,15-16,19H,2-3,6,8-9,12,14,17H2,(H2,25,26). The highest BCUT2D eigenvalue weighted by Gasteiger charge is 2.20. The fraction of sp³-hybridized carbons (Fsp3) is 0.375. The Morgan fingerprint density at radius 1 is 1.03 bits per heavy atom. The van der Waals surface area contributed by atoms with Crippen LogP contribution in [0.5, 0.6) is 0 Å². The number of aromatic nitrogens is 3. The van der Waals surface area contributed by atoms with Crippen LogP contribution in [0.1, 0.15) is 50.1 Å². The van der Waals surface area contributed by atoms with Crippen molar-refractivity contribution in [1.29, 1.82) is 0 Å². The quantitative estimate of drug-likeness (QED) is 0.479. The average Bonchev–Trinajstić information content (AvgIpc) is 2.77. The topological polar surface area (TPSA) is 82.9 Å². The van der Waals surface area contributed by atoms with E-state index in [1.165, 1.54) is 10.1 Å². The molecular formula is C24H28N4O2. The monoisotopic (exact) mass is 404 g/mol. The number of hydrogen-bond donors (Lipinski definition) is 1. The molecule has 0 radical (unpaired) electrons. The summed E-state index contributed by atoms with van der Waals surface area (Å²) in [4.78, 5) is 30.7. The van der Waals surface area contributed by atoms with Crippen LogP contribution in [-0.4, -0.2) is 14.1 Å². The lowest BCUT2D eigenvalue weighted by Crippen LogP contribution is -2.42. The van der Waals surface area contributed by atoms with Crippen LogP contribution in [-0.2, 0) is 13.0 Å². The predicted molar refractivity (Wildman–Crippen MR) is 121 cm³/mol. The van der Waals surface area contributed by atoms with Crippen LogP contribution >= 0.6 is 0 Å². The first-order valence-corrected chi connectivity index (χ1v) is 10.8. The van der Waals surface area contributed by atoms with Crippen LogP contribution in [0.3, 0.4) is 0 Å². The lowest BCUT2D eigenvalue weighted by Gasteiger charge is -2.22. The third-order valence-electron chi connectivity index (χ3n) is 5.79. The van der Waals surface area contributed by atoms with Gasteiger partial charge in [0.25, 0.3) is 5.56 Å². The molecule has 1 unspecified atom stereocenters. The fourth-order valence-corrected chi connectivity index (χ4v) is 4.19. The summed E-state index contributed by atoms with van der Waals surface area (Å²) in [5, 5.41) is 0.451. The summed E-state index contributed by atoms with van der Waals surface area (Å²) >= 11 is 0. The summed E-state index contributed by atoms with van der Waals surface area (Å²) < 4.78 is 3.04. The maximum Gasteiger partial charge on any atom is 0.333 e. The van der Waals surface area contributed by atoms with E-state index in [-0.39, 0.29) is 17.3 Å². The second-order valence-electron chi connectivity index (χ2n) is 7.94. The van der Waals surface area contributed by atoms with Crippen molar-refractivity contribution in [1.82, 2.24) is 14.1 Å². The molecule has 0 spiro atoms. The number of rotatable bonds is 7. The summed E-state index contributed by atoms with van der Waals surface area (Å²) in [7, 11) is 0. The molecule has 0 amide bonds. The van der Waals surface area contributed by atoms with Crippen molar-refractivity contribution < 1.29 is 0 Å². The second kappa shape index (κ2) is 9.11. The molecule has 156 valence electrons. The SMILES string of the molecule is Nc1ccc2c(=O)n(CCCCCc3ccccc3)c(=O)n(C3C=CCCC3)c2n1. The molecule has 1 aromatic carbocycles. The van der Waals surface area contributed by atoms with Gasteiger partial charge in [0.2, 0.25) is 0 Å². The van der Waals surface area contributed by atoms with Gasteiger partial charge in [-0.05, 0) is 56.2 Å². The largest absolute Gasteiger partial charge is 0.384 e. The number of aryl methyl sites for hydroxylation is 1. The summed E-state index contributed by atoms with van der Waals surface area (Å²) in [5.41, 5.74) is 7.01. The Morgan fingerprint density at radius 3 is 2.63 bits per heavy atom. The van der Waals surface area contributed by atoms with Gasteiger partial charge in [0, 0.05) is 6.54 Å². The van der Waals surface area contributed by atoms with Crippen molar-refractivity contribution in [2.45, 2.75) is 57.5 Å². The normalized spacial score (nSPS) is 16.2. The van der Waals surface area contributed by atoms with Gasteiger partial charge in [0.05, 0.1) is 11.4 Å². The molecule has 1 atom stereocenters. The Kier molecular flexibility index (Phi) is 6.12. The summed E-state index contributed by atoms with van der Waals surface area (Å²) in [6.45, 7) is 0.420. The zero-order valence-electron chi connectivity index (χ0n) is 17.2. The van der Waals surface area contributed by atoms with Gasteiger partial charge < -0.3 is 5.73 Å². The number of unbranched alkanes of at least 4 members (excludes halogenated alkanes) is 2. The molecule has 6 nitrogen and oxygen atoms in total. The van der Waals surface area contributed by atoms with E-state index in [2.05, 4.69) is 23.2 Å². The summed E-state index contributed by atoms with van der Waals surface area (Å²) in [5.74, 6) is 0.313. The summed E-state index contributed by atoms with van der Waals surface area (Å²) in [6.07, 6.45) is 10.8. The van der Waals surface area contributed by atoms with Crippen molar-refractivity contribution in [2.24, 2.45) is 0 Å². The Bertz CT molecular complexity index is 1160. The highest BCUT2D eigenvalue weighted by molar-refractivity contribution is 5.75. The molecule has 1 aliphatic carbocycles. The Labute approximate surface area is 175 Å². The van der Waals surface area contributed by atoms with Crippen LogP contribution in [0.25, 0.3) is 11.0 Å². The molecule has 0 saturated carbocycles. The van der Waals surface area contributed by atoms with E-state index in [0.29, 0.717) is 23.4 Å². The molecule has 0 bridgehead atoms. The molecule has 2 aromatic heterocycles. The van der Waals surface area contributed by atoms with E-state index in [1.807, 2.05) is 24.3 Å². The first-order chi connectivity index (χ1) is 14.6. The van der Waals surface area contributed by atoms with Gasteiger partial charge in [0.15, 0.2) is 5.65 Å². The third-order valence-corrected chi connectivity index (χ3v) is 5.79. The molecule has 0 aliphatic heterocycles. The van der Waals surface area contributed by atoms with E-state index in [0.717, 1.165) is 44.9 Å². The Hall–Kier alpha value is -3.15. The fourth-order valence-electron chi connectivity index (χ4n) is 4.19. The van der Waals surface area contributed by atoms with Gasteiger partial charge in [-0.2, -0.15) is 0 Å². The van der Waals surface area contributed by atoms with Crippen molar-refractivity contribution in [3.63, 3.8) is 0 Å². The second-order valence-corrected chi connectivity index (χ2v) is 7.94. The minimum atomic E-state index is -0.287. The zero-order valence-corrected chi connectivity index (χ0v) is 17.2. The van der Waals surface area contributed by atoms with Crippen LogP contribution in [0.15, 0.2) is 64.2 Å². The number of nitrogen functional groups attached to an aromatic ring is 1. The van der Waals surface area contributed by atoms with Gasteiger partial charge in [0.1, 0.15) is 5.82 Å². The predicted octanol–water partition coefficient (Wildman–Crippen LogP) is 3.83. The van der Waals surface area contributed by atoms with E-state index >= 15 is 0 Å². The number of benzene rings is 1. The number of nitrogens with zero attached hydrogens (tertiary/aromatic N) is 3. The number of nitrogens with two attached hydrogens (primary N) is 1. The first-order valence-electron chi connectivity index (χ1n) is 10.8. The minimum absolute atomic E-state index is 0.0898. The van der Waals surface area contributed by atoms with Crippen molar-refractivity contribution in [3.05, 3.63) is 81.0 Å². The van der Waals surface area contributed by atoms with Crippen LogP contribution in [0, 0.1) is 0 Å². The van der Waals surface area contributed by atoms with Gasteiger partial charge in [-0.1, -0.05) is 48.9 Å². The lowest BCUT2D eigenvalue weighted by molar-refractivity contribution is 0.470.